The van der Waals surface area contributed by atoms with Crippen molar-refractivity contribution in [3.63, 3.8) is 0 Å². The summed E-state index contributed by atoms with van der Waals surface area (Å²) in [6.45, 7) is 5.30. The summed E-state index contributed by atoms with van der Waals surface area (Å²) in [4.78, 5) is 27.5. The number of amides is 1. The molecule has 0 N–H and O–H groups in total. The van der Waals surface area contributed by atoms with Crippen molar-refractivity contribution in [2.24, 2.45) is 0 Å². The molecule has 126 valence electrons. The lowest BCUT2D eigenvalue weighted by molar-refractivity contribution is -0.123. The van der Waals surface area contributed by atoms with Crippen molar-refractivity contribution in [3.05, 3.63) is 48.8 Å². The second-order valence-electron chi connectivity index (χ2n) is 5.98. The third-order valence-corrected chi connectivity index (χ3v) is 4.53. The molecule has 2 aromatic rings. The molecule has 1 aliphatic heterocycles. The Bertz CT molecular complexity index is 656. The Balaban J connectivity index is 1.58. The smallest absolute Gasteiger partial charge is 0.243 e. The van der Waals surface area contributed by atoms with Gasteiger partial charge in [-0.25, -0.2) is 9.97 Å². The van der Waals surface area contributed by atoms with Crippen LogP contribution in [-0.4, -0.2) is 60.0 Å². The van der Waals surface area contributed by atoms with Crippen LogP contribution in [-0.2, 0) is 4.79 Å². The average Bonchev–Trinajstić information content (AvgIpc) is 2.68. The second-order valence-corrected chi connectivity index (χ2v) is 5.98. The van der Waals surface area contributed by atoms with E-state index in [0.29, 0.717) is 0 Å². The Morgan fingerprint density at radius 3 is 2.29 bits per heavy atom. The summed E-state index contributed by atoms with van der Waals surface area (Å²) in [5, 5.41) is 0. The summed E-state index contributed by atoms with van der Waals surface area (Å²) >= 11 is 0. The maximum Gasteiger partial charge on any atom is 0.243 e. The predicted octanol–water partition coefficient (Wildman–Crippen LogP) is 1.65. The van der Waals surface area contributed by atoms with Crippen LogP contribution >= 0.6 is 0 Å². The lowest BCUT2D eigenvalue weighted by atomic mass is 10.2. The van der Waals surface area contributed by atoms with Gasteiger partial charge in [-0.15, -0.1) is 0 Å². The van der Waals surface area contributed by atoms with Gasteiger partial charge in [-0.2, -0.15) is 0 Å². The topological polar surface area (TPSA) is 52.6 Å². The van der Waals surface area contributed by atoms with E-state index in [9.17, 15) is 4.79 Å². The molecule has 0 radical (unpaired) electrons. The predicted molar refractivity (Wildman–Crippen MR) is 95.1 cm³/mol. The normalized spacial score (nSPS) is 16.7. The number of anilines is 2. The Morgan fingerprint density at radius 1 is 1.04 bits per heavy atom. The average molecular weight is 325 g/mol. The number of nitrogens with zero attached hydrogens (tertiary/aromatic N) is 5. The molecule has 6 heteroatoms. The first-order valence-corrected chi connectivity index (χ1v) is 8.25. The molecule has 0 saturated carbocycles. The Morgan fingerprint density at radius 2 is 1.67 bits per heavy atom. The number of hydrogen-bond acceptors (Lipinski definition) is 5. The molecular formula is C18H23N5O. The first kappa shape index (κ1) is 16.4. The van der Waals surface area contributed by atoms with Crippen molar-refractivity contribution in [1.82, 2.24) is 14.9 Å². The summed E-state index contributed by atoms with van der Waals surface area (Å²) in [6.07, 6.45) is 3.52. The summed E-state index contributed by atoms with van der Waals surface area (Å²) in [5.41, 5.74) is 0.922. The number of likely N-dealkylation sites (N-methyl/N-ethyl adjacent to an activating group) is 1. The van der Waals surface area contributed by atoms with Gasteiger partial charge in [0.2, 0.25) is 11.9 Å². The first-order chi connectivity index (χ1) is 11.7. The number of aromatic nitrogens is 2. The first-order valence-electron chi connectivity index (χ1n) is 8.25. The lowest BCUT2D eigenvalue weighted by Gasteiger charge is -2.38. The van der Waals surface area contributed by atoms with Crippen LogP contribution in [0, 0.1) is 0 Å². The van der Waals surface area contributed by atoms with E-state index in [0.717, 1.165) is 37.8 Å². The van der Waals surface area contributed by atoms with E-state index in [2.05, 4.69) is 19.8 Å². The molecule has 24 heavy (non-hydrogen) atoms. The summed E-state index contributed by atoms with van der Waals surface area (Å²) < 4.78 is 0. The zero-order valence-corrected chi connectivity index (χ0v) is 14.2. The monoisotopic (exact) mass is 325 g/mol. The molecule has 0 unspecified atom stereocenters. The molecular weight excluding hydrogens is 302 g/mol. The maximum atomic E-state index is 12.7. The maximum absolute atomic E-state index is 12.7. The highest BCUT2D eigenvalue weighted by Gasteiger charge is 2.28. The van der Waals surface area contributed by atoms with Gasteiger partial charge in [-0.1, -0.05) is 18.2 Å². The largest absolute Gasteiger partial charge is 0.338 e. The fourth-order valence-corrected chi connectivity index (χ4v) is 2.98. The van der Waals surface area contributed by atoms with Gasteiger partial charge < -0.3 is 9.80 Å². The third kappa shape index (κ3) is 3.54. The van der Waals surface area contributed by atoms with Crippen LogP contribution in [0.25, 0.3) is 0 Å². The van der Waals surface area contributed by atoms with E-state index < -0.39 is 0 Å². The molecule has 3 rings (SSSR count). The highest BCUT2D eigenvalue weighted by molar-refractivity contribution is 5.96. The SMILES string of the molecule is C[C@@H](C(=O)N(C)c1ccccc1)N1CCN(c2ncccn2)CC1. The molecule has 0 spiro atoms. The number of rotatable bonds is 4. The highest BCUT2D eigenvalue weighted by Crippen LogP contribution is 2.16. The Hall–Kier alpha value is -2.47. The van der Waals surface area contributed by atoms with Crippen LogP contribution in [0.5, 0.6) is 0 Å². The molecule has 0 bridgehead atoms. The lowest BCUT2D eigenvalue weighted by Crippen LogP contribution is -2.54. The summed E-state index contributed by atoms with van der Waals surface area (Å²) in [6, 6.07) is 11.4. The highest BCUT2D eigenvalue weighted by atomic mass is 16.2. The number of para-hydroxylation sites is 1. The number of carbonyl (C=O) groups excluding carboxylic acids is 1. The minimum absolute atomic E-state index is 0.116. The van der Waals surface area contributed by atoms with Crippen LogP contribution < -0.4 is 9.80 Å². The van der Waals surface area contributed by atoms with Gasteiger partial charge in [-0.05, 0) is 25.1 Å². The molecule has 1 aromatic heterocycles. The molecule has 1 atom stereocenters. The van der Waals surface area contributed by atoms with Crippen molar-refractivity contribution in [1.29, 1.82) is 0 Å². The van der Waals surface area contributed by atoms with Crippen LogP contribution in [0.2, 0.25) is 0 Å². The van der Waals surface area contributed by atoms with Crippen molar-refractivity contribution in [3.8, 4) is 0 Å². The minimum atomic E-state index is -0.144. The molecule has 1 aliphatic rings. The molecule has 1 amide bonds. The second kappa shape index (κ2) is 7.40. The molecule has 2 heterocycles. The molecule has 1 saturated heterocycles. The standard InChI is InChI=1S/C18H23N5O/c1-15(17(24)21(2)16-7-4-3-5-8-16)22-11-13-23(14-12-22)18-19-9-6-10-20-18/h3-10,15H,11-14H2,1-2H3/t15-/m0/s1. The van der Waals surface area contributed by atoms with Gasteiger partial charge in [0.15, 0.2) is 0 Å². The van der Waals surface area contributed by atoms with Crippen LogP contribution in [0.4, 0.5) is 11.6 Å². The van der Waals surface area contributed by atoms with Gasteiger partial charge >= 0.3 is 0 Å². The zero-order chi connectivity index (χ0) is 16.9. The Labute approximate surface area is 142 Å². The minimum Gasteiger partial charge on any atom is -0.338 e. The zero-order valence-electron chi connectivity index (χ0n) is 14.2. The Kier molecular flexibility index (Phi) is 5.05. The molecule has 6 nitrogen and oxygen atoms in total. The van der Waals surface area contributed by atoms with E-state index in [1.807, 2.05) is 50.4 Å². The van der Waals surface area contributed by atoms with Crippen LogP contribution in [0.1, 0.15) is 6.92 Å². The van der Waals surface area contributed by atoms with Crippen molar-refractivity contribution in [2.45, 2.75) is 13.0 Å². The number of carbonyl (C=O) groups is 1. The molecule has 1 aromatic carbocycles. The van der Waals surface area contributed by atoms with Crippen molar-refractivity contribution < 1.29 is 4.79 Å². The number of benzene rings is 1. The van der Waals surface area contributed by atoms with E-state index in [1.54, 1.807) is 17.3 Å². The van der Waals surface area contributed by atoms with E-state index in [4.69, 9.17) is 0 Å². The van der Waals surface area contributed by atoms with Gasteiger partial charge in [0.05, 0.1) is 6.04 Å². The van der Waals surface area contributed by atoms with Crippen LogP contribution in [0.3, 0.4) is 0 Å². The van der Waals surface area contributed by atoms with E-state index >= 15 is 0 Å². The molecule has 1 fully saturated rings. The van der Waals surface area contributed by atoms with Gasteiger partial charge in [0.25, 0.3) is 0 Å². The van der Waals surface area contributed by atoms with Gasteiger partial charge in [0, 0.05) is 51.3 Å². The van der Waals surface area contributed by atoms with E-state index in [1.165, 1.54) is 0 Å². The van der Waals surface area contributed by atoms with Gasteiger partial charge in [-0.3, -0.25) is 9.69 Å². The van der Waals surface area contributed by atoms with E-state index in [-0.39, 0.29) is 11.9 Å². The number of hydrogen-bond donors (Lipinski definition) is 0. The fourth-order valence-electron chi connectivity index (χ4n) is 2.98. The van der Waals surface area contributed by atoms with Crippen LogP contribution in [0.15, 0.2) is 48.8 Å². The summed E-state index contributed by atoms with van der Waals surface area (Å²) in [7, 11) is 1.84. The van der Waals surface area contributed by atoms with Crippen molar-refractivity contribution in [2.75, 3.05) is 43.0 Å². The molecule has 0 aliphatic carbocycles. The fraction of sp³-hybridized carbons (Fsp3) is 0.389. The van der Waals surface area contributed by atoms with Gasteiger partial charge in [0.1, 0.15) is 0 Å². The third-order valence-electron chi connectivity index (χ3n) is 4.53. The summed E-state index contributed by atoms with van der Waals surface area (Å²) in [5.74, 6) is 0.878. The number of piperazine rings is 1. The quantitative estimate of drug-likeness (QED) is 0.855. The van der Waals surface area contributed by atoms with Crippen molar-refractivity contribution >= 4 is 17.5 Å².